The van der Waals surface area contributed by atoms with Crippen LogP contribution >= 0.6 is 11.6 Å². The molecule has 0 radical (unpaired) electrons. The molecule has 78 valence electrons. The van der Waals surface area contributed by atoms with Gasteiger partial charge in [0, 0.05) is 0 Å². The first-order valence-electron chi connectivity index (χ1n) is 4.64. The van der Waals surface area contributed by atoms with E-state index in [2.05, 4.69) is 10.3 Å². The minimum absolute atomic E-state index is 0.0725. The summed E-state index contributed by atoms with van der Waals surface area (Å²) in [5.74, 6) is 0.547. The van der Waals surface area contributed by atoms with Crippen LogP contribution in [0.3, 0.4) is 0 Å². The van der Waals surface area contributed by atoms with Crippen LogP contribution < -0.4 is 5.32 Å². The van der Waals surface area contributed by atoms with E-state index in [0.29, 0.717) is 11.4 Å². The fourth-order valence-corrected chi connectivity index (χ4v) is 1.58. The Bertz CT molecular complexity index is 423. The minimum Gasteiger partial charge on any atom is -0.394 e. The number of nitrogens with one attached hydrogen (secondary N) is 1. The van der Waals surface area contributed by atoms with Crippen molar-refractivity contribution < 1.29 is 5.11 Å². The predicted octanol–water partition coefficient (Wildman–Crippen LogP) is 1.54. The quantitative estimate of drug-likeness (QED) is 0.763. The molecule has 0 unspecified atom stereocenters. The van der Waals surface area contributed by atoms with Gasteiger partial charge in [-0.1, -0.05) is 11.6 Å². The number of anilines is 1. The Morgan fingerprint density at radius 1 is 1.60 bits per heavy atom. The van der Waals surface area contributed by atoms with Crippen LogP contribution in [0.4, 0.5) is 5.82 Å². The first kappa shape index (κ1) is 10.2. The fraction of sp³-hybridized carbons (Fsp3) is 0.400. The van der Waals surface area contributed by atoms with Crippen molar-refractivity contribution in [2.45, 2.75) is 18.4 Å². The molecule has 2 N–H and O–H groups in total. The molecule has 0 aliphatic heterocycles. The number of aromatic nitrogens is 1. The van der Waals surface area contributed by atoms with E-state index < -0.39 is 0 Å². The van der Waals surface area contributed by atoms with Crippen molar-refractivity contribution in [1.82, 2.24) is 4.98 Å². The Hall–Kier alpha value is -1.31. The lowest BCUT2D eigenvalue weighted by Crippen LogP contribution is -2.26. The van der Waals surface area contributed by atoms with Crippen molar-refractivity contribution in [1.29, 1.82) is 5.26 Å². The summed E-state index contributed by atoms with van der Waals surface area (Å²) in [4.78, 5) is 4.05. The number of hydrogen-bond donors (Lipinski definition) is 2. The van der Waals surface area contributed by atoms with E-state index in [0.717, 1.165) is 12.8 Å². The highest BCUT2D eigenvalue weighted by Gasteiger charge is 2.42. The number of aliphatic hydroxyl groups is 1. The maximum atomic E-state index is 9.13. The molecule has 0 saturated heterocycles. The molecule has 1 saturated carbocycles. The van der Waals surface area contributed by atoms with Crippen molar-refractivity contribution in [3.8, 4) is 6.07 Å². The van der Waals surface area contributed by atoms with Crippen molar-refractivity contribution >= 4 is 17.4 Å². The number of aliphatic hydroxyl groups excluding tert-OH is 1. The molecule has 0 bridgehead atoms. The Morgan fingerprint density at radius 2 is 2.33 bits per heavy atom. The van der Waals surface area contributed by atoms with Crippen LogP contribution in [0.15, 0.2) is 12.1 Å². The average Bonchev–Trinajstić information content (AvgIpc) is 2.97. The van der Waals surface area contributed by atoms with E-state index in [1.165, 1.54) is 6.07 Å². The topological polar surface area (TPSA) is 68.9 Å². The van der Waals surface area contributed by atoms with E-state index in [-0.39, 0.29) is 17.3 Å². The Balaban J connectivity index is 2.22. The molecule has 0 amide bonds. The van der Waals surface area contributed by atoms with Crippen molar-refractivity contribution in [2.75, 3.05) is 11.9 Å². The molecule has 1 fully saturated rings. The summed E-state index contributed by atoms with van der Waals surface area (Å²) in [5, 5.41) is 21.3. The molecule has 4 nitrogen and oxygen atoms in total. The second-order valence-corrected chi connectivity index (χ2v) is 4.13. The van der Waals surface area contributed by atoms with Crippen molar-refractivity contribution in [3.63, 3.8) is 0 Å². The first-order chi connectivity index (χ1) is 7.17. The predicted molar refractivity (Wildman–Crippen MR) is 56.6 cm³/mol. The third kappa shape index (κ3) is 2.20. The minimum atomic E-state index is -0.246. The van der Waals surface area contributed by atoms with E-state index >= 15 is 0 Å². The van der Waals surface area contributed by atoms with Crippen LogP contribution in [0.25, 0.3) is 0 Å². The summed E-state index contributed by atoms with van der Waals surface area (Å²) < 4.78 is 0. The third-order valence-corrected chi connectivity index (χ3v) is 2.67. The lowest BCUT2D eigenvalue weighted by molar-refractivity contribution is 0.266. The summed E-state index contributed by atoms with van der Waals surface area (Å²) in [6.07, 6.45) is 1.83. The fourth-order valence-electron chi connectivity index (χ4n) is 1.37. The molecule has 1 aliphatic carbocycles. The zero-order chi connectivity index (χ0) is 10.9. The normalized spacial score (nSPS) is 16.9. The molecule has 0 atom stereocenters. The van der Waals surface area contributed by atoms with Gasteiger partial charge in [-0.25, -0.2) is 4.98 Å². The highest BCUT2D eigenvalue weighted by atomic mass is 35.5. The van der Waals surface area contributed by atoms with Gasteiger partial charge < -0.3 is 10.4 Å². The van der Waals surface area contributed by atoms with E-state index in [9.17, 15) is 0 Å². The van der Waals surface area contributed by atoms with Crippen LogP contribution in [0, 0.1) is 11.3 Å². The van der Waals surface area contributed by atoms with Gasteiger partial charge in [-0.05, 0) is 25.0 Å². The third-order valence-electron chi connectivity index (χ3n) is 2.47. The van der Waals surface area contributed by atoms with Gasteiger partial charge in [0.15, 0.2) is 0 Å². The molecule has 1 aromatic rings. The second kappa shape index (κ2) is 3.69. The number of nitrogens with zero attached hydrogens (tertiary/aromatic N) is 2. The first-order valence-corrected chi connectivity index (χ1v) is 5.02. The van der Waals surface area contributed by atoms with Gasteiger partial charge in [-0.2, -0.15) is 5.26 Å². The molecule has 5 heteroatoms. The lowest BCUT2D eigenvalue weighted by Gasteiger charge is -2.14. The van der Waals surface area contributed by atoms with Crippen molar-refractivity contribution in [2.24, 2.45) is 0 Å². The van der Waals surface area contributed by atoms with Crippen LogP contribution in [0.5, 0.6) is 0 Å². The molecule has 1 heterocycles. The number of rotatable bonds is 3. The molecular formula is C10H10ClN3O. The molecule has 15 heavy (non-hydrogen) atoms. The Kier molecular flexibility index (Phi) is 2.51. The van der Waals surface area contributed by atoms with Gasteiger partial charge >= 0.3 is 0 Å². The number of halogens is 1. The zero-order valence-corrected chi connectivity index (χ0v) is 8.75. The lowest BCUT2D eigenvalue weighted by atomic mass is 10.2. The largest absolute Gasteiger partial charge is 0.394 e. The molecule has 1 aliphatic rings. The smallest absolute Gasteiger partial charge is 0.132 e. The number of pyridine rings is 1. The molecular weight excluding hydrogens is 214 g/mol. The monoisotopic (exact) mass is 223 g/mol. The average molecular weight is 224 g/mol. The molecule has 0 spiro atoms. The summed E-state index contributed by atoms with van der Waals surface area (Å²) in [6.45, 7) is 0.0725. The van der Waals surface area contributed by atoms with Crippen molar-refractivity contribution in [3.05, 3.63) is 22.8 Å². The summed E-state index contributed by atoms with van der Waals surface area (Å²) >= 11 is 5.76. The Morgan fingerprint density at radius 3 is 2.87 bits per heavy atom. The molecule has 1 aromatic heterocycles. The van der Waals surface area contributed by atoms with Crippen LogP contribution in [-0.2, 0) is 0 Å². The number of nitriles is 1. The van der Waals surface area contributed by atoms with E-state index in [1.807, 2.05) is 6.07 Å². The van der Waals surface area contributed by atoms with Gasteiger partial charge in [0.05, 0.1) is 23.8 Å². The second-order valence-electron chi connectivity index (χ2n) is 3.74. The SMILES string of the molecule is N#Cc1cc(Cl)nc(NC2(CO)CC2)c1. The summed E-state index contributed by atoms with van der Waals surface area (Å²) in [7, 11) is 0. The van der Waals surface area contributed by atoms with E-state index in [1.54, 1.807) is 6.07 Å². The van der Waals surface area contributed by atoms with Gasteiger partial charge in [0.25, 0.3) is 0 Å². The highest BCUT2D eigenvalue weighted by molar-refractivity contribution is 6.29. The maximum Gasteiger partial charge on any atom is 0.132 e. The van der Waals surface area contributed by atoms with Gasteiger partial charge in [0.1, 0.15) is 11.0 Å². The summed E-state index contributed by atoms with van der Waals surface area (Å²) in [5.41, 5.74) is 0.218. The Labute approximate surface area is 92.5 Å². The molecule has 0 aromatic carbocycles. The standard InChI is InChI=1S/C10H10ClN3O/c11-8-3-7(5-12)4-9(13-8)14-10(6-15)1-2-10/h3-4,15H,1-2,6H2,(H,13,14). The van der Waals surface area contributed by atoms with Gasteiger partial charge in [0.2, 0.25) is 0 Å². The van der Waals surface area contributed by atoms with Crippen LogP contribution in [-0.4, -0.2) is 22.2 Å². The maximum absolute atomic E-state index is 9.13. The number of hydrogen-bond acceptors (Lipinski definition) is 4. The van der Waals surface area contributed by atoms with Gasteiger partial charge in [-0.3, -0.25) is 0 Å². The highest BCUT2D eigenvalue weighted by Crippen LogP contribution is 2.38. The van der Waals surface area contributed by atoms with Crippen LogP contribution in [0.2, 0.25) is 5.15 Å². The summed E-state index contributed by atoms with van der Waals surface area (Å²) in [6, 6.07) is 5.14. The van der Waals surface area contributed by atoms with Gasteiger partial charge in [-0.15, -0.1) is 0 Å². The molecule has 2 rings (SSSR count). The van der Waals surface area contributed by atoms with E-state index in [4.69, 9.17) is 22.0 Å². The van der Waals surface area contributed by atoms with Crippen LogP contribution in [0.1, 0.15) is 18.4 Å². The zero-order valence-electron chi connectivity index (χ0n) is 8.00.